The molecular weight excluding hydrogens is 328 g/mol. The molecule has 0 aliphatic rings. The van der Waals surface area contributed by atoms with E-state index in [9.17, 15) is 8.42 Å². The second-order valence-electron chi connectivity index (χ2n) is 5.96. The highest BCUT2D eigenvalue weighted by Crippen LogP contribution is 2.10. The van der Waals surface area contributed by atoms with Crippen molar-refractivity contribution in [3.05, 3.63) is 0 Å². The van der Waals surface area contributed by atoms with Gasteiger partial charge in [0.1, 0.15) is 0 Å². The zero-order chi connectivity index (χ0) is 18.8. The third-order valence-corrected chi connectivity index (χ3v) is 4.24. The second-order valence-corrected chi connectivity index (χ2v) is 7.15. The van der Waals surface area contributed by atoms with E-state index in [1.807, 2.05) is 0 Å². The zero-order valence-electron chi connectivity index (χ0n) is 15.8. The van der Waals surface area contributed by atoms with Gasteiger partial charge in [-0.25, -0.2) is 0 Å². The Balaban J connectivity index is 0. The van der Waals surface area contributed by atoms with Gasteiger partial charge in [0.2, 0.25) is 0 Å². The van der Waals surface area contributed by atoms with Gasteiger partial charge >= 0.3 is 10.4 Å². The maximum atomic E-state index is 9.33. The zero-order valence-corrected chi connectivity index (χ0v) is 16.6. The van der Waals surface area contributed by atoms with Gasteiger partial charge in [-0.1, -0.05) is 52.4 Å². The molecule has 7 heteroatoms. The lowest BCUT2D eigenvalue weighted by Gasteiger charge is -2.27. The van der Waals surface area contributed by atoms with Crippen LogP contribution in [-0.2, 0) is 14.6 Å². The molecule has 0 radical (unpaired) electrons. The first-order chi connectivity index (χ1) is 11.3. The quantitative estimate of drug-likeness (QED) is 0.389. The lowest BCUT2D eigenvalue weighted by atomic mass is 10.1. The molecule has 1 atom stereocenters. The van der Waals surface area contributed by atoms with Crippen molar-refractivity contribution in [2.45, 2.75) is 84.6 Å². The maximum Gasteiger partial charge on any atom is 0.397 e. The van der Waals surface area contributed by atoms with E-state index in [2.05, 4.69) is 35.9 Å². The highest BCUT2D eigenvalue weighted by molar-refractivity contribution is 7.80. The minimum Gasteiger partial charge on any atom is -0.300 e. The summed E-state index contributed by atoms with van der Waals surface area (Å²) in [6.07, 6.45) is 11.2. The van der Waals surface area contributed by atoms with Crippen LogP contribution in [0.25, 0.3) is 0 Å². The summed E-state index contributed by atoms with van der Waals surface area (Å²) in [5.41, 5.74) is 0. The van der Waals surface area contributed by atoms with Crippen LogP contribution in [0.5, 0.6) is 0 Å². The highest BCUT2D eigenvalue weighted by atomic mass is 32.3. The van der Waals surface area contributed by atoms with Crippen molar-refractivity contribution in [3.63, 3.8) is 0 Å². The number of rotatable bonds is 13. The molecule has 0 aromatic heterocycles. The third-order valence-electron chi connectivity index (χ3n) is 3.82. The molecule has 0 rings (SSSR count). The molecule has 0 heterocycles. The topological polar surface area (TPSA) is 90.6 Å². The summed E-state index contributed by atoms with van der Waals surface area (Å²) in [5, 5.41) is 8.83. The molecule has 0 aromatic carbocycles. The molecule has 0 saturated heterocycles. The molecule has 1 unspecified atom stereocenters. The van der Waals surface area contributed by atoms with Gasteiger partial charge in [-0.05, 0) is 32.9 Å². The molecule has 6 nitrogen and oxygen atoms in total. The first-order valence-corrected chi connectivity index (χ1v) is 10.3. The molecule has 0 fully saturated rings. The van der Waals surface area contributed by atoms with Crippen LogP contribution in [0, 0.1) is 11.3 Å². The fourth-order valence-corrected chi connectivity index (χ4v) is 2.30. The maximum absolute atomic E-state index is 9.33. The Labute approximate surface area is 149 Å². The SMILES string of the molecule is CCCCCCN(CCCCCC)C(C)CC#N.COS(=O)(=O)O. The number of nitriles is 1. The highest BCUT2D eigenvalue weighted by Gasteiger charge is 2.12. The lowest BCUT2D eigenvalue weighted by Crippen LogP contribution is -2.34. The Morgan fingerprint density at radius 1 is 1.04 bits per heavy atom. The minimum absolute atomic E-state index is 0.429. The molecular formula is C17H36N2O4S. The first kappa shape index (κ1) is 25.6. The van der Waals surface area contributed by atoms with Gasteiger partial charge < -0.3 is 0 Å². The van der Waals surface area contributed by atoms with Crippen LogP contribution in [0.4, 0.5) is 0 Å². The lowest BCUT2D eigenvalue weighted by molar-refractivity contribution is 0.202. The predicted molar refractivity (Wildman–Crippen MR) is 98.1 cm³/mol. The van der Waals surface area contributed by atoms with Crippen molar-refractivity contribution in [1.29, 1.82) is 5.26 Å². The molecule has 0 amide bonds. The molecule has 1 N–H and O–H groups in total. The fraction of sp³-hybridized carbons (Fsp3) is 0.941. The van der Waals surface area contributed by atoms with Crippen LogP contribution in [0.2, 0.25) is 0 Å². The van der Waals surface area contributed by atoms with E-state index in [0.29, 0.717) is 12.5 Å². The van der Waals surface area contributed by atoms with E-state index >= 15 is 0 Å². The normalized spacial score (nSPS) is 12.4. The number of hydrogen-bond donors (Lipinski definition) is 1. The van der Waals surface area contributed by atoms with Gasteiger partial charge in [0.25, 0.3) is 0 Å². The molecule has 24 heavy (non-hydrogen) atoms. The summed E-state index contributed by atoms with van der Waals surface area (Å²) in [4.78, 5) is 2.52. The Morgan fingerprint density at radius 3 is 1.75 bits per heavy atom. The molecule has 0 aromatic rings. The van der Waals surface area contributed by atoms with Gasteiger partial charge in [-0.15, -0.1) is 0 Å². The van der Waals surface area contributed by atoms with Crippen molar-refractivity contribution < 1.29 is 17.2 Å². The Hall–Kier alpha value is -0.680. The Bertz CT molecular complexity index is 395. The number of unbranched alkanes of at least 4 members (excludes halogenated alkanes) is 6. The predicted octanol–water partition coefficient (Wildman–Crippen LogP) is 4.19. The Kier molecular flexibility index (Phi) is 18.3. The van der Waals surface area contributed by atoms with E-state index in [1.54, 1.807) is 0 Å². The fourth-order valence-electron chi connectivity index (χ4n) is 2.30. The van der Waals surface area contributed by atoms with Crippen molar-refractivity contribution in [1.82, 2.24) is 4.90 Å². The summed E-state index contributed by atoms with van der Waals surface area (Å²) >= 11 is 0. The van der Waals surface area contributed by atoms with E-state index < -0.39 is 10.4 Å². The van der Waals surface area contributed by atoms with Crippen molar-refractivity contribution in [2.24, 2.45) is 0 Å². The van der Waals surface area contributed by atoms with Gasteiger partial charge in [0, 0.05) is 6.04 Å². The monoisotopic (exact) mass is 364 g/mol. The van der Waals surface area contributed by atoms with Gasteiger partial charge in [-0.3, -0.25) is 13.6 Å². The average molecular weight is 365 g/mol. The van der Waals surface area contributed by atoms with Crippen LogP contribution < -0.4 is 0 Å². The van der Waals surface area contributed by atoms with E-state index in [1.165, 1.54) is 64.5 Å². The van der Waals surface area contributed by atoms with Crippen LogP contribution >= 0.6 is 0 Å². The van der Waals surface area contributed by atoms with Gasteiger partial charge in [0.05, 0.1) is 19.6 Å². The summed E-state index contributed by atoms with van der Waals surface area (Å²) in [6.45, 7) is 9.05. The minimum atomic E-state index is -4.16. The number of hydrogen-bond acceptors (Lipinski definition) is 5. The smallest absolute Gasteiger partial charge is 0.300 e. The molecule has 0 aliphatic heterocycles. The van der Waals surface area contributed by atoms with Crippen molar-refractivity contribution in [2.75, 3.05) is 20.2 Å². The molecule has 0 saturated carbocycles. The van der Waals surface area contributed by atoms with E-state index in [-0.39, 0.29) is 0 Å². The first-order valence-electron chi connectivity index (χ1n) is 8.96. The number of nitrogens with zero attached hydrogens (tertiary/aromatic N) is 2. The molecule has 144 valence electrons. The summed E-state index contributed by atoms with van der Waals surface area (Å²) in [7, 11) is -3.29. The Morgan fingerprint density at radius 2 is 1.46 bits per heavy atom. The van der Waals surface area contributed by atoms with Crippen LogP contribution in [-0.4, -0.2) is 44.1 Å². The van der Waals surface area contributed by atoms with E-state index in [0.717, 1.165) is 7.11 Å². The molecule has 0 bridgehead atoms. The average Bonchev–Trinajstić information content (AvgIpc) is 2.53. The van der Waals surface area contributed by atoms with Gasteiger partial charge in [-0.2, -0.15) is 13.7 Å². The van der Waals surface area contributed by atoms with Crippen molar-refractivity contribution >= 4 is 10.4 Å². The van der Waals surface area contributed by atoms with Gasteiger partial charge in [0.15, 0.2) is 0 Å². The van der Waals surface area contributed by atoms with Crippen LogP contribution in [0.3, 0.4) is 0 Å². The molecule has 0 aliphatic carbocycles. The summed E-state index contributed by atoms with van der Waals surface area (Å²) in [6, 6.07) is 2.74. The van der Waals surface area contributed by atoms with E-state index in [4.69, 9.17) is 9.81 Å². The largest absolute Gasteiger partial charge is 0.397 e. The summed E-state index contributed by atoms with van der Waals surface area (Å²) in [5.74, 6) is 0. The molecule has 0 spiro atoms. The standard InChI is InChI=1S/C16H32N2.CH4O4S/c1-4-6-8-10-14-18(16(3)12-13-17)15-11-9-7-5-2;1-5-6(2,3)4/h16H,4-12,14-15H2,1-3H3;1H3,(H,2,3,4). The third kappa shape index (κ3) is 19.4. The van der Waals surface area contributed by atoms with Crippen LogP contribution in [0.15, 0.2) is 0 Å². The van der Waals surface area contributed by atoms with Crippen molar-refractivity contribution in [3.8, 4) is 6.07 Å². The summed E-state index contributed by atoms with van der Waals surface area (Å²) < 4.78 is 29.7. The second kappa shape index (κ2) is 17.2. The van der Waals surface area contributed by atoms with Crippen LogP contribution in [0.1, 0.15) is 78.6 Å².